The van der Waals surface area contributed by atoms with E-state index in [0.717, 1.165) is 12.8 Å². The Morgan fingerprint density at radius 2 is 2.14 bits per heavy atom. The molecule has 1 aromatic rings. The minimum atomic E-state index is -5.60. The third-order valence-corrected chi connectivity index (χ3v) is 5.55. The summed E-state index contributed by atoms with van der Waals surface area (Å²) in [6, 6.07) is 2.83. The number of pyridine rings is 1. The van der Waals surface area contributed by atoms with E-state index in [1.165, 1.54) is 18.3 Å². The van der Waals surface area contributed by atoms with Crippen LogP contribution in [0.3, 0.4) is 0 Å². The lowest BCUT2D eigenvalue weighted by Crippen LogP contribution is -2.41. The van der Waals surface area contributed by atoms with Crippen molar-refractivity contribution in [2.45, 2.75) is 30.8 Å². The molecule has 0 spiro atoms. The molecule has 1 fully saturated rings. The van der Waals surface area contributed by atoms with Gasteiger partial charge in [0, 0.05) is 12.6 Å². The van der Waals surface area contributed by atoms with Gasteiger partial charge in [-0.05, 0) is 25.3 Å². The summed E-state index contributed by atoms with van der Waals surface area (Å²) in [4.78, 5) is 15.9. The minimum absolute atomic E-state index is 0.0260. The summed E-state index contributed by atoms with van der Waals surface area (Å²) < 4.78 is 66.0. The Bertz CT molecular complexity index is 869. The second-order valence-electron chi connectivity index (χ2n) is 5.90. The second kappa shape index (κ2) is 8.93. The molecule has 0 atom stereocenters. The topological polar surface area (TPSA) is 112 Å². The van der Waals surface area contributed by atoms with Gasteiger partial charge >= 0.3 is 15.5 Å². The molecule has 1 heterocycles. The molecule has 0 aliphatic heterocycles. The predicted molar refractivity (Wildman–Crippen MR) is 92.0 cm³/mol. The zero-order valence-electron chi connectivity index (χ0n) is 14.4. The van der Waals surface area contributed by atoms with Crippen LogP contribution in [0.25, 0.3) is 0 Å². The Balaban J connectivity index is 1.93. The monoisotopic (exact) mass is 440 g/mol. The van der Waals surface area contributed by atoms with Crippen LogP contribution in [0.2, 0.25) is 5.15 Å². The van der Waals surface area contributed by atoms with Crippen molar-refractivity contribution in [3.05, 3.63) is 23.0 Å². The molecule has 1 N–H and O–H groups in total. The fourth-order valence-electron chi connectivity index (χ4n) is 2.10. The molecular formula is C15H16ClF3N4O4S. The molecule has 1 aromatic heterocycles. The van der Waals surface area contributed by atoms with Crippen LogP contribution in [0.15, 0.2) is 12.3 Å². The van der Waals surface area contributed by atoms with Crippen LogP contribution >= 0.6 is 11.6 Å². The van der Waals surface area contributed by atoms with Crippen LogP contribution in [0.1, 0.15) is 29.6 Å². The first-order valence-electron chi connectivity index (χ1n) is 8.09. The molecule has 0 bridgehead atoms. The SMILES string of the molecule is N#CCN(CCCOc1cnc(Cl)c(C(=O)NC2CC2)c1)S(=O)(=O)C(F)(F)F. The highest BCUT2D eigenvalue weighted by Crippen LogP contribution is 2.27. The van der Waals surface area contributed by atoms with Gasteiger partial charge in [0.2, 0.25) is 0 Å². The van der Waals surface area contributed by atoms with Crippen LogP contribution in [-0.2, 0) is 10.0 Å². The van der Waals surface area contributed by atoms with Gasteiger partial charge in [0.1, 0.15) is 17.4 Å². The van der Waals surface area contributed by atoms with E-state index in [0.29, 0.717) is 0 Å². The lowest BCUT2D eigenvalue weighted by Gasteiger charge is -2.20. The van der Waals surface area contributed by atoms with Crippen molar-refractivity contribution in [3.8, 4) is 11.8 Å². The van der Waals surface area contributed by atoms with Crippen molar-refractivity contribution in [2.24, 2.45) is 0 Å². The van der Waals surface area contributed by atoms with E-state index >= 15 is 0 Å². The molecule has 8 nitrogen and oxygen atoms in total. The summed E-state index contributed by atoms with van der Waals surface area (Å²) in [7, 11) is -5.60. The third kappa shape index (κ3) is 5.70. The number of amides is 1. The Labute approximate surface area is 164 Å². The number of nitrogens with one attached hydrogen (secondary N) is 1. The van der Waals surface area contributed by atoms with Crippen LogP contribution in [-0.4, -0.2) is 54.9 Å². The number of halogens is 4. The molecule has 154 valence electrons. The fraction of sp³-hybridized carbons (Fsp3) is 0.533. The first kappa shape index (κ1) is 22.2. The average molecular weight is 441 g/mol. The summed E-state index contributed by atoms with van der Waals surface area (Å²) in [6.07, 6.45) is 2.87. The number of aromatic nitrogens is 1. The van der Waals surface area contributed by atoms with E-state index in [1.807, 2.05) is 0 Å². The molecule has 0 aromatic carbocycles. The van der Waals surface area contributed by atoms with Gasteiger partial charge in [0.15, 0.2) is 0 Å². The highest BCUT2D eigenvalue weighted by molar-refractivity contribution is 7.90. The fourth-order valence-corrected chi connectivity index (χ4v) is 3.18. The number of carbonyl (C=O) groups is 1. The van der Waals surface area contributed by atoms with Crippen LogP contribution < -0.4 is 10.1 Å². The van der Waals surface area contributed by atoms with Crippen molar-refractivity contribution < 1.29 is 31.1 Å². The van der Waals surface area contributed by atoms with Crippen molar-refractivity contribution in [3.63, 3.8) is 0 Å². The number of sulfonamides is 1. The van der Waals surface area contributed by atoms with Gasteiger partial charge in [-0.15, -0.1) is 0 Å². The summed E-state index contributed by atoms with van der Waals surface area (Å²) in [5, 5.41) is 11.3. The van der Waals surface area contributed by atoms with E-state index in [4.69, 9.17) is 21.6 Å². The van der Waals surface area contributed by atoms with Gasteiger partial charge in [0.05, 0.1) is 24.4 Å². The summed E-state index contributed by atoms with van der Waals surface area (Å²) in [5.74, 6) is -0.266. The molecule has 2 rings (SSSR count). The number of hydrogen-bond acceptors (Lipinski definition) is 6. The Morgan fingerprint density at radius 3 is 2.71 bits per heavy atom. The quantitative estimate of drug-likeness (QED) is 0.357. The first-order chi connectivity index (χ1) is 13.1. The Kier molecular flexibility index (Phi) is 7.08. The average Bonchev–Trinajstić information content (AvgIpc) is 3.41. The highest BCUT2D eigenvalue weighted by atomic mass is 35.5. The summed E-state index contributed by atoms with van der Waals surface area (Å²) >= 11 is 5.89. The largest absolute Gasteiger partial charge is 0.511 e. The van der Waals surface area contributed by atoms with Crippen LogP contribution in [0, 0.1) is 11.3 Å². The summed E-state index contributed by atoms with van der Waals surface area (Å²) in [6.45, 7) is -1.66. The lowest BCUT2D eigenvalue weighted by atomic mass is 10.2. The maximum Gasteiger partial charge on any atom is 0.511 e. The third-order valence-electron chi connectivity index (χ3n) is 3.67. The molecule has 28 heavy (non-hydrogen) atoms. The zero-order chi connectivity index (χ0) is 20.9. The number of ether oxygens (including phenoxy) is 1. The van der Waals surface area contributed by atoms with Crippen LogP contribution in [0.4, 0.5) is 13.2 Å². The van der Waals surface area contributed by atoms with Gasteiger partial charge in [-0.1, -0.05) is 11.6 Å². The minimum Gasteiger partial charge on any atom is -0.492 e. The van der Waals surface area contributed by atoms with E-state index in [1.54, 1.807) is 0 Å². The number of rotatable bonds is 9. The first-order valence-corrected chi connectivity index (χ1v) is 9.90. The maximum absolute atomic E-state index is 12.6. The van der Waals surface area contributed by atoms with Crippen molar-refractivity contribution in [1.82, 2.24) is 14.6 Å². The molecule has 1 aliphatic rings. The van der Waals surface area contributed by atoms with Gasteiger partial charge in [-0.3, -0.25) is 4.79 Å². The molecule has 13 heteroatoms. The molecule has 0 radical (unpaired) electrons. The van der Waals surface area contributed by atoms with E-state index in [-0.39, 0.29) is 39.8 Å². The normalized spacial score (nSPS) is 14.6. The number of carbonyl (C=O) groups excluding carboxylic acids is 1. The standard InChI is InChI=1S/C15H16ClF3N4O4S/c16-13-12(14(24)22-10-2-3-10)8-11(9-21-13)27-7-1-5-23(6-4-20)28(25,26)15(17,18)19/h8-10H,1-3,5-7H2,(H,22,24). The van der Waals surface area contributed by atoms with Crippen LogP contribution in [0.5, 0.6) is 5.75 Å². The van der Waals surface area contributed by atoms with Crippen molar-refractivity contribution in [1.29, 1.82) is 5.26 Å². The van der Waals surface area contributed by atoms with Gasteiger partial charge < -0.3 is 10.1 Å². The van der Waals surface area contributed by atoms with Crippen molar-refractivity contribution in [2.75, 3.05) is 19.7 Å². The van der Waals surface area contributed by atoms with Crippen molar-refractivity contribution >= 4 is 27.5 Å². The lowest BCUT2D eigenvalue weighted by molar-refractivity contribution is -0.0486. The number of hydrogen-bond donors (Lipinski definition) is 1. The van der Waals surface area contributed by atoms with E-state index < -0.39 is 34.5 Å². The number of nitriles is 1. The maximum atomic E-state index is 12.6. The van der Waals surface area contributed by atoms with Gasteiger partial charge in [-0.2, -0.15) is 22.7 Å². The molecular weight excluding hydrogens is 425 g/mol. The van der Waals surface area contributed by atoms with Gasteiger partial charge in [-0.25, -0.2) is 13.4 Å². The number of alkyl halides is 3. The Morgan fingerprint density at radius 1 is 1.46 bits per heavy atom. The van der Waals surface area contributed by atoms with Gasteiger partial charge in [0.25, 0.3) is 5.91 Å². The summed E-state index contributed by atoms with van der Waals surface area (Å²) in [5.41, 5.74) is -5.40. The molecule has 0 saturated heterocycles. The second-order valence-corrected chi connectivity index (χ2v) is 8.19. The molecule has 1 aliphatic carbocycles. The Hall–Kier alpha value is -2.10. The van der Waals surface area contributed by atoms with E-state index in [2.05, 4.69) is 10.3 Å². The zero-order valence-corrected chi connectivity index (χ0v) is 15.9. The molecule has 1 amide bonds. The molecule has 1 saturated carbocycles. The predicted octanol–water partition coefficient (Wildman–Crippen LogP) is 2.07. The number of nitrogens with zero attached hydrogens (tertiary/aromatic N) is 3. The highest BCUT2D eigenvalue weighted by Gasteiger charge is 2.49. The molecule has 0 unspecified atom stereocenters. The smallest absolute Gasteiger partial charge is 0.492 e. The van der Waals surface area contributed by atoms with E-state index in [9.17, 15) is 26.4 Å².